The second-order valence-electron chi connectivity index (χ2n) is 5.88. The van der Waals surface area contributed by atoms with E-state index < -0.39 is 0 Å². The van der Waals surface area contributed by atoms with E-state index in [4.69, 9.17) is 4.74 Å². The maximum absolute atomic E-state index is 12.7. The zero-order chi connectivity index (χ0) is 16.7. The van der Waals surface area contributed by atoms with Crippen molar-refractivity contribution in [3.63, 3.8) is 0 Å². The molecule has 1 aliphatic heterocycles. The van der Waals surface area contributed by atoms with Crippen molar-refractivity contribution in [2.24, 2.45) is 5.92 Å². The number of nitrogens with one attached hydrogen (secondary N) is 1. The highest BCUT2D eigenvalue weighted by Crippen LogP contribution is 2.19. The summed E-state index contributed by atoms with van der Waals surface area (Å²) < 4.78 is 5.38. The summed E-state index contributed by atoms with van der Waals surface area (Å²) in [6.07, 6.45) is 2.44. The van der Waals surface area contributed by atoms with Gasteiger partial charge in [0.15, 0.2) is 0 Å². The fourth-order valence-electron chi connectivity index (χ4n) is 2.76. The van der Waals surface area contributed by atoms with Gasteiger partial charge in [-0.15, -0.1) is 0 Å². The van der Waals surface area contributed by atoms with Gasteiger partial charge in [0, 0.05) is 44.0 Å². The van der Waals surface area contributed by atoms with Crippen LogP contribution in [0.5, 0.6) is 0 Å². The van der Waals surface area contributed by atoms with E-state index in [1.54, 1.807) is 31.2 Å². The van der Waals surface area contributed by atoms with Crippen LogP contribution < -0.4 is 5.32 Å². The number of amides is 2. The van der Waals surface area contributed by atoms with Gasteiger partial charge in [-0.2, -0.15) is 0 Å². The average Bonchev–Trinajstić information content (AvgIpc) is 2.60. The molecular weight excluding hydrogens is 292 g/mol. The first-order valence-corrected chi connectivity index (χ1v) is 8.41. The van der Waals surface area contributed by atoms with Gasteiger partial charge in [-0.05, 0) is 43.9 Å². The molecule has 5 heteroatoms. The molecule has 1 N–H and O–H groups in total. The van der Waals surface area contributed by atoms with E-state index in [2.05, 4.69) is 5.32 Å². The maximum Gasteiger partial charge on any atom is 0.253 e. The van der Waals surface area contributed by atoms with Crippen LogP contribution in [0.3, 0.4) is 0 Å². The van der Waals surface area contributed by atoms with Crippen molar-refractivity contribution in [2.45, 2.75) is 33.1 Å². The van der Waals surface area contributed by atoms with Crippen LogP contribution in [0.1, 0.15) is 43.5 Å². The molecule has 1 saturated heterocycles. The van der Waals surface area contributed by atoms with Gasteiger partial charge in [0.05, 0.1) is 0 Å². The molecular formula is C18H26N2O3. The normalized spacial score (nSPS) is 15.2. The van der Waals surface area contributed by atoms with Gasteiger partial charge in [0.25, 0.3) is 5.91 Å². The lowest BCUT2D eigenvalue weighted by molar-refractivity contribution is -0.115. The number of ether oxygens (including phenoxy) is 1. The van der Waals surface area contributed by atoms with E-state index in [0.717, 1.165) is 32.6 Å². The van der Waals surface area contributed by atoms with Crippen LogP contribution in [0.4, 0.5) is 5.69 Å². The van der Waals surface area contributed by atoms with E-state index in [1.807, 2.05) is 11.8 Å². The molecule has 0 bridgehead atoms. The van der Waals surface area contributed by atoms with Crippen LogP contribution >= 0.6 is 0 Å². The first kappa shape index (κ1) is 17.5. The lowest BCUT2D eigenvalue weighted by atomic mass is 9.99. The zero-order valence-corrected chi connectivity index (χ0v) is 14.0. The summed E-state index contributed by atoms with van der Waals surface area (Å²) in [5, 5.41) is 2.80. The minimum absolute atomic E-state index is 0.0200. The summed E-state index contributed by atoms with van der Waals surface area (Å²) in [6.45, 7) is 6.83. The van der Waals surface area contributed by atoms with Crippen LogP contribution in [0, 0.1) is 5.92 Å². The molecule has 1 aromatic rings. The number of anilines is 1. The molecule has 0 spiro atoms. The molecule has 1 aromatic carbocycles. The van der Waals surface area contributed by atoms with Gasteiger partial charge in [-0.1, -0.05) is 13.0 Å². The van der Waals surface area contributed by atoms with Crippen molar-refractivity contribution in [1.29, 1.82) is 0 Å². The Hall–Kier alpha value is -1.88. The second-order valence-corrected chi connectivity index (χ2v) is 5.88. The first-order chi connectivity index (χ1) is 11.1. The molecule has 0 atom stereocenters. The first-order valence-electron chi connectivity index (χ1n) is 8.41. The van der Waals surface area contributed by atoms with Crippen molar-refractivity contribution in [3.8, 4) is 0 Å². The van der Waals surface area contributed by atoms with Gasteiger partial charge in [0.1, 0.15) is 0 Å². The Morgan fingerprint density at radius 1 is 1.26 bits per heavy atom. The molecule has 5 nitrogen and oxygen atoms in total. The molecule has 0 radical (unpaired) electrons. The van der Waals surface area contributed by atoms with Gasteiger partial charge >= 0.3 is 0 Å². The summed E-state index contributed by atoms with van der Waals surface area (Å²) in [6, 6.07) is 7.17. The smallest absolute Gasteiger partial charge is 0.253 e. The number of rotatable bonds is 6. The quantitative estimate of drug-likeness (QED) is 0.877. The third kappa shape index (κ3) is 5.06. The fraction of sp³-hybridized carbons (Fsp3) is 0.556. The second kappa shape index (κ2) is 8.67. The Balaban J connectivity index is 2.04. The minimum Gasteiger partial charge on any atom is -0.381 e. The number of hydrogen-bond acceptors (Lipinski definition) is 3. The van der Waals surface area contributed by atoms with Crippen molar-refractivity contribution < 1.29 is 14.3 Å². The lowest BCUT2D eigenvalue weighted by Gasteiger charge is -2.29. The molecule has 1 heterocycles. The molecule has 0 aliphatic carbocycles. The van der Waals surface area contributed by atoms with Crippen LogP contribution in [0.2, 0.25) is 0 Å². The molecule has 0 aromatic heterocycles. The Morgan fingerprint density at radius 2 is 2.00 bits per heavy atom. The van der Waals surface area contributed by atoms with Gasteiger partial charge in [-0.3, -0.25) is 9.59 Å². The van der Waals surface area contributed by atoms with Crippen molar-refractivity contribution >= 4 is 17.5 Å². The van der Waals surface area contributed by atoms with E-state index >= 15 is 0 Å². The largest absolute Gasteiger partial charge is 0.381 e. The minimum atomic E-state index is -0.0517. The average molecular weight is 318 g/mol. The van der Waals surface area contributed by atoms with Gasteiger partial charge in [0.2, 0.25) is 5.91 Å². The Labute approximate surface area is 138 Å². The SMILES string of the molecule is CCC(=O)Nc1cccc(C(=O)N(CC)CC2CCOCC2)c1. The van der Waals surface area contributed by atoms with E-state index in [-0.39, 0.29) is 11.8 Å². The number of nitrogens with zero attached hydrogens (tertiary/aromatic N) is 1. The van der Waals surface area contributed by atoms with E-state index in [1.165, 1.54) is 0 Å². The van der Waals surface area contributed by atoms with Crippen molar-refractivity contribution in [1.82, 2.24) is 4.90 Å². The molecule has 2 amide bonds. The molecule has 0 saturated carbocycles. The number of benzene rings is 1. The van der Waals surface area contributed by atoms with Gasteiger partial charge < -0.3 is 15.0 Å². The van der Waals surface area contributed by atoms with Crippen LogP contribution in [0.25, 0.3) is 0 Å². The van der Waals surface area contributed by atoms with E-state index in [9.17, 15) is 9.59 Å². The molecule has 126 valence electrons. The Kier molecular flexibility index (Phi) is 6.59. The van der Waals surface area contributed by atoms with Gasteiger partial charge in [-0.25, -0.2) is 0 Å². The predicted octanol–water partition coefficient (Wildman–Crippen LogP) is 2.92. The summed E-state index contributed by atoms with van der Waals surface area (Å²) >= 11 is 0. The highest BCUT2D eigenvalue weighted by Gasteiger charge is 2.21. The zero-order valence-electron chi connectivity index (χ0n) is 14.0. The molecule has 0 unspecified atom stereocenters. The highest BCUT2D eigenvalue weighted by molar-refractivity contribution is 5.97. The highest BCUT2D eigenvalue weighted by atomic mass is 16.5. The fourth-order valence-corrected chi connectivity index (χ4v) is 2.76. The summed E-state index contributed by atoms with van der Waals surface area (Å²) in [7, 11) is 0. The summed E-state index contributed by atoms with van der Waals surface area (Å²) in [5.74, 6) is 0.478. The van der Waals surface area contributed by atoms with Crippen LogP contribution in [-0.4, -0.2) is 43.0 Å². The topological polar surface area (TPSA) is 58.6 Å². The summed E-state index contributed by atoms with van der Waals surface area (Å²) in [4.78, 5) is 26.1. The van der Waals surface area contributed by atoms with Crippen molar-refractivity contribution in [2.75, 3.05) is 31.6 Å². The Morgan fingerprint density at radius 3 is 2.65 bits per heavy atom. The molecule has 1 fully saturated rings. The number of carbonyl (C=O) groups excluding carboxylic acids is 2. The lowest BCUT2D eigenvalue weighted by Crippen LogP contribution is -2.37. The monoisotopic (exact) mass is 318 g/mol. The van der Waals surface area contributed by atoms with E-state index in [0.29, 0.717) is 30.1 Å². The predicted molar refractivity (Wildman–Crippen MR) is 90.5 cm³/mol. The third-order valence-corrected chi connectivity index (χ3v) is 4.20. The van der Waals surface area contributed by atoms with Crippen LogP contribution in [0.15, 0.2) is 24.3 Å². The molecule has 23 heavy (non-hydrogen) atoms. The van der Waals surface area contributed by atoms with Crippen LogP contribution in [-0.2, 0) is 9.53 Å². The molecule has 1 aliphatic rings. The maximum atomic E-state index is 12.7. The summed E-state index contributed by atoms with van der Waals surface area (Å²) in [5.41, 5.74) is 1.29. The number of hydrogen-bond donors (Lipinski definition) is 1. The molecule has 2 rings (SSSR count). The Bertz CT molecular complexity index is 539. The third-order valence-electron chi connectivity index (χ3n) is 4.20. The van der Waals surface area contributed by atoms with Crippen molar-refractivity contribution in [3.05, 3.63) is 29.8 Å². The standard InChI is InChI=1S/C18H26N2O3/c1-3-17(21)19-16-7-5-6-15(12-16)18(22)20(4-2)13-14-8-10-23-11-9-14/h5-7,12,14H,3-4,8-11,13H2,1-2H3,(H,19,21). The number of carbonyl (C=O) groups is 2.